The van der Waals surface area contributed by atoms with E-state index in [0.717, 1.165) is 6.07 Å². The van der Waals surface area contributed by atoms with Gasteiger partial charge in [0.15, 0.2) is 0 Å². The van der Waals surface area contributed by atoms with E-state index in [1.165, 1.54) is 11.0 Å². The summed E-state index contributed by atoms with van der Waals surface area (Å²) in [5.41, 5.74) is -0.436. The summed E-state index contributed by atoms with van der Waals surface area (Å²) in [7, 11) is 0. The van der Waals surface area contributed by atoms with Crippen LogP contribution in [0.15, 0.2) is 27.5 Å². The molecule has 1 atom stereocenters. The quantitative estimate of drug-likeness (QED) is 0.642. The number of H-pyrrole nitrogens is 1. The van der Waals surface area contributed by atoms with Crippen LogP contribution in [0.5, 0.6) is 0 Å². The number of aromatic amines is 1. The fraction of sp³-hybridized carbons (Fsp3) is 0.455. The lowest BCUT2D eigenvalue weighted by Gasteiger charge is -2.32. The van der Waals surface area contributed by atoms with Gasteiger partial charge in [0.25, 0.3) is 17.2 Å². The number of aromatic nitrogens is 3. The van der Waals surface area contributed by atoms with E-state index in [2.05, 4.69) is 15.1 Å². The monoisotopic (exact) mass is 448 g/mol. The summed E-state index contributed by atoms with van der Waals surface area (Å²) in [6, 6.07) is 4.14. The molecule has 4 heterocycles. The Hall–Kier alpha value is -3.17. The molecule has 170 valence electrons. The van der Waals surface area contributed by atoms with Crippen LogP contribution in [0.1, 0.15) is 71.5 Å². The second-order valence-electron chi connectivity index (χ2n) is 8.47. The minimum absolute atomic E-state index is 0.000447. The summed E-state index contributed by atoms with van der Waals surface area (Å²) in [5, 5.41) is 3.79. The molecule has 1 amide bonds. The van der Waals surface area contributed by atoms with Crippen LogP contribution in [0.25, 0.3) is 11.1 Å². The molecule has 10 heteroatoms. The van der Waals surface area contributed by atoms with Crippen LogP contribution in [0.2, 0.25) is 0 Å². The molecule has 1 fully saturated rings. The Kier molecular flexibility index (Phi) is 5.56. The Balaban J connectivity index is 1.71. The number of hydrogen-bond acceptors (Lipinski definition) is 5. The van der Waals surface area contributed by atoms with Gasteiger partial charge in [-0.05, 0) is 43.9 Å². The number of nitrogens with zero attached hydrogens (tertiary/aromatic N) is 3. The first kappa shape index (κ1) is 22.0. The van der Waals surface area contributed by atoms with Crippen LogP contribution in [0.4, 0.5) is 13.2 Å². The van der Waals surface area contributed by atoms with Crippen molar-refractivity contribution in [2.24, 2.45) is 0 Å². The van der Waals surface area contributed by atoms with Crippen molar-refractivity contribution in [3.05, 3.63) is 56.8 Å². The van der Waals surface area contributed by atoms with Crippen molar-refractivity contribution in [1.29, 1.82) is 0 Å². The van der Waals surface area contributed by atoms with E-state index in [4.69, 9.17) is 4.52 Å². The molecule has 7 nitrogen and oxygen atoms in total. The first-order valence-electron chi connectivity index (χ1n) is 10.4. The van der Waals surface area contributed by atoms with Gasteiger partial charge in [-0.15, -0.1) is 0 Å². The van der Waals surface area contributed by atoms with Crippen molar-refractivity contribution in [1.82, 2.24) is 20.0 Å². The van der Waals surface area contributed by atoms with Gasteiger partial charge in [-0.3, -0.25) is 9.59 Å². The Morgan fingerprint density at radius 3 is 2.72 bits per heavy atom. The number of pyridine rings is 2. The fourth-order valence-corrected chi connectivity index (χ4v) is 4.09. The zero-order valence-corrected chi connectivity index (χ0v) is 17.9. The molecular weight excluding hydrogens is 425 g/mol. The highest BCUT2D eigenvalue weighted by Crippen LogP contribution is 2.40. The molecule has 0 spiro atoms. The number of alkyl halides is 3. The highest BCUT2D eigenvalue weighted by atomic mass is 19.4. The summed E-state index contributed by atoms with van der Waals surface area (Å²) in [6.07, 6.45) is -3.50. The average Bonchev–Trinajstić information content (AvgIpc) is 3.16. The molecule has 0 bridgehead atoms. The molecule has 1 aliphatic rings. The number of amides is 1. The smallest absolute Gasteiger partial charge is 0.338 e. The molecule has 3 aromatic heterocycles. The highest BCUT2D eigenvalue weighted by Gasteiger charge is 2.38. The molecule has 0 aromatic carbocycles. The molecule has 3 aromatic rings. The maximum absolute atomic E-state index is 13.9. The first-order chi connectivity index (χ1) is 15.1. The Labute approximate surface area is 181 Å². The minimum atomic E-state index is -4.61. The van der Waals surface area contributed by atoms with Gasteiger partial charge in [0.1, 0.15) is 5.56 Å². The Bertz CT molecular complexity index is 1230. The molecule has 1 saturated heterocycles. The van der Waals surface area contributed by atoms with Gasteiger partial charge in [0.05, 0.1) is 16.6 Å². The van der Waals surface area contributed by atoms with E-state index in [9.17, 15) is 22.8 Å². The summed E-state index contributed by atoms with van der Waals surface area (Å²) >= 11 is 0. The molecular formula is C22H23F3N4O3. The third-order valence-electron chi connectivity index (χ3n) is 5.77. The largest absolute Gasteiger partial charge is 0.417 e. The van der Waals surface area contributed by atoms with Crippen molar-refractivity contribution >= 4 is 17.0 Å². The number of piperidine rings is 1. The van der Waals surface area contributed by atoms with Crippen molar-refractivity contribution in [3.63, 3.8) is 0 Å². The number of carbonyl (C=O) groups is 1. The second-order valence-corrected chi connectivity index (χ2v) is 8.47. The zero-order chi connectivity index (χ0) is 23.2. The standard InChI is InChI=1S/C22H23F3N4O3/c1-11(2)16-9-15(22(23,24)25)17-18(28-32-20(17)27-16)13-5-4-8-29(10-13)21(31)14-7-6-12(3)26-19(14)30/h6-7,9,11,13H,4-5,8,10H2,1-3H3,(H,26,30). The number of likely N-dealkylation sites (tertiary alicyclic amines) is 1. The minimum Gasteiger partial charge on any atom is -0.338 e. The van der Waals surface area contributed by atoms with Crippen LogP contribution < -0.4 is 5.56 Å². The topological polar surface area (TPSA) is 92.1 Å². The Morgan fingerprint density at radius 1 is 1.31 bits per heavy atom. The number of nitrogens with one attached hydrogen (secondary N) is 1. The summed E-state index contributed by atoms with van der Waals surface area (Å²) < 4.78 is 46.9. The van der Waals surface area contributed by atoms with Crippen LogP contribution in [-0.4, -0.2) is 39.0 Å². The maximum atomic E-state index is 13.9. The van der Waals surface area contributed by atoms with Gasteiger partial charge in [-0.1, -0.05) is 19.0 Å². The predicted molar refractivity (Wildman–Crippen MR) is 111 cm³/mol. The SMILES string of the molecule is Cc1ccc(C(=O)N2CCCC(c3noc4nc(C(C)C)cc(C(F)(F)F)c34)C2)c(=O)[nH]1. The number of aryl methyl sites for hydroxylation is 1. The van der Waals surface area contributed by atoms with E-state index < -0.39 is 29.1 Å². The van der Waals surface area contributed by atoms with Crippen molar-refractivity contribution in [3.8, 4) is 0 Å². The highest BCUT2D eigenvalue weighted by molar-refractivity contribution is 5.94. The molecule has 0 saturated carbocycles. The third kappa shape index (κ3) is 4.01. The lowest BCUT2D eigenvalue weighted by atomic mass is 9.91. The van der Waals surface area contributed by atoms with Gasteiger partial charge >= 0.3 is 6.18 Å². The van der Waals surface area contributed by atoms with Gasteiger partial charge in [-0.2, -0.15) is 13.2 Å². The summed E-state index contributed by atoms with van der Waals surface area (Å²) in [6.45, 7) is 5.75. The summed E-state index contributed by atoms with van der Waals surface area (Å²) in [4.78, 5) is 33.4. The van der Waals surface area contributed by atoms with Gasteiger partial charge < -0.3 is 14.4 Å². The molecule has 0 radical (unpaired) electrons. The van der Waals surface area contributed by atoms with E-state index in [1.807, 2.05) is 0 Å². The number of carbonyl (C=O) groups excluding carboxylic acids is 1. The zero-order valence-electron chi connectivity index (χ0n) is 17.9. The second kappa shape index (κ2) is 8.07. The number of halogens is 3. The van der Waals surface area contributed by atoms with E-state index in [-0.39, 0.29) is 40.5 Å². The molecule has 0 aliphatic carbocycles. The van der Waals surface area contributed by atoms with Crippen molar-refractivity contribution in [2.45, 2.75) is 51.6 Å². The van der Waals surface area contributed by atoms with Gasteiger partial charge in [0, 0.05) is 30.4 Å². The molecule has 32 heavy (non-hydrogen) atoms. The van der Waals surface area contributed by atoms with Crippen molar-refractivity contribution < 1.29 is 22.5 Å². The predicted octanol–water partition coefficient (Wildman–Crippen LogP) is 4.38. The lowest BCUT2D eigenvalue weighted by molar-refractivity contribution is -0.136. The Morgan fingerprint density at radius 2 is 2.06 bits per heavy atom. The van der Waals surface area contributed by atoms with Gasteiger partial charge in [0.2, 0.25) is 0 Å². The molecule has 4 rings (SSSR count). The average molecular weight is 448 g/mol. The molecule has 1 N–H and O–H groups in total. The molecule has 1 aliphatic heterocycles. The van der Waals surface area contributed by atoms with Crippen LogP contribution in [0, 0.1) is 6.92 Å². The number of rotatable bonds is 3. The third-order valence-corrected chi connectivity index (χ3v) is 5.77. The maximum Gasteiger partial charge on any atom is 0.417 e. The van der Waals surface area contributed by atoms with Gasteiger partial charge in [-0.25, -0.2) is 4.98 Å². The van der Waals surface area contributed by atoms with Crippen LogP contribution in [-0.2, 0) is 6.18 Å². The molecule has 1 unspecified atom stereocenters. The summed E-state index contributed by atoms with van der Waals surface area (Å²) in [5.74, 6) is -1.14. The normalized spacial score (nSPS) is 17.3. The van der Waals surface area contributed by atoms with E-state index in [0.29, 0.717) is 25.1 Å². The van der Waals surface area contributed by atoms with Crippen LogP contribution >= 0.6 is 0 Å². The van der Waals surface area contributed by atoms with E-state index >= 15 is 0 Å². The van der Waals surface area contributed by atoms with Crippen molar-refractivity contribution in [2.75, 3.05) is 13.1 Å². The van der Waals surface area contributed by atoms with E-state index in [1.54, 1.807) is 26.8 Å². The number of fused-ring (bicyclic) bond motifs is 1. The fourth-order valence-electron chi connectivity index (χ4n) is 4.09. The first-order valence-corrected chi connectivity index (χ1v) is 10.4. The van der Waals surface area contributed by atoms with Crippen LogP contribution in [0.3, 0.4) is 0 Å². The number of hydrogen-bond donors (Lipinski definition) is 1. The lowest BCUT2D eigenvalue weighted by Crippen LogP contribution is -2.41.